The van der Waals surface area contributed by atoms with Crippen molar-refractivity contribution in [2.75, 3.05) is 9.80 Å². The van der Waals surface area contributed by atoms with E-state index in [1.807, 2.05) is 0 Å². The minimum absolute atomic E-state index is 0.00294. The molecule has 0 saturated heterocycles. The molecule has 0 N–H and O–H groups in total. The van der Waals surface area contributed by atoms with E-state index in [1.54, 1.807) is 0 Å². The van der Waals surface area contributed by atoms with E-state index in [9.17, 15) is 0 Å². The Kier molecular flexibility index (Phi) is 8.06. The molecule has 312 valence electrons. The van der Waals surface area contributed by atoms with Crippen LogP contribution in [0.5, 0.6) is 0 Å². The molecular formula is C62H54N2. The molecule has 4 aliphatic carbocycles. The van der Waals surface area contributed by atoms with Gasteiger partial charge in [-0.3, -0.25) is 0 Å². The van der Waals surface area contributed by atoms with Gasteiger partial charge in [0.2, 0.25) is 0 Å². The Morgan fingerprint density at radius 3 is 1.05 bits per heavy atom. The predicted octanol–water partition coefficient (Wildman–Crippen LogP) is 17.3. The van der Waals surface area contributed by atoms with Crippen molar-refractivity contribution in [3.8, 4) is 0 Å². The Hall–Kier alpha value is -6.90. The van der Waals surface area contributed by atoms with Gasteiger partial charge in [0.15, 0.2) is 0 Å². The topological polar surface area (TPSA) is 6.48 Å². The Morgan fingerprint density at radius 1 is 0.281 bits per heavy atom. The van der Waals surface area contributed by atoms with Crippen LogP contribution in [-0.2, 0) is 21.7 Å². The van der Waals surface area contributed by atoms with E-state index in [-0.39, 0.29) is 21.7 Å². The molecule has 8 aromatic carbocycles. The molecule has 0 aliphatic heterocycles. The zero-order chi connectivity index (χ0) is 43.9. The molecule has 8 aromatic rings. The van der Waals surface area contributed by atoms with Gasteiger partial charge in [0.25, 0.3) is 0 Å². The molecule has 0 spiro atoms. The maximum absolute atomic E-state index is 2.51. The lowest BCUT2D eigenvalue weighted by atomic mass is 9.86. The fourth-order valence-electron chi connectivity index (χ4n) is 11.4. The molecule has 64 heavy (non-hydrogen) atoms. The first kappa shape index (κ1) is 38.7. The van der Waals surface area contributed by atoms with Crippen molar-refractivity contribution in [1.82, 2.24) is 0 Å². The second kappa shape index (κ2) is 13.3. The van der Waals surface area contributed by atoms with Crippen LogP contribution in [-0.4, -0.2) is 0 Å². The van der Waals surface area contributed by atoms with Gasteiger partial charge in [-0.1, -0.05) is 177 Å². The highest BCUT2D eigenvalue weighted by atomic mass is 15.2. The molecule has 0 saturated carbocycles. The fourth-order valence-corrected chi connectivity index (χ4v) is 11.4. The summed E-state index contributed by atoms with van der Waals surface area (Å²) in [6.07, 6.45) is 18.6. The molecule has 0 radical (unpaired) electrons. The maximum Gasteiger partial charge on any atom is 0.0546 e. The van der Waals surface area contributed by atoms with Gasteiger partial charge < -0.3 is 9.80 Å². The van der Waals surface area contributed by atoms with E-state index in [2.05, 4.69) is 247 Å². The molecule has 2 nitrogen and oxygen atoms in total. The molecule has 4 aliphatic rings. The summed E-state index contributed by atoms with van der Waals surface area (Å²) in [4.78, 5) is 5.00. The highest BCUT2D eigenvalue weighted by Gasteiger charge is 2.31. The summed E-state index contributed by atoms with van der Waals surface area (Å²) < 4.78 is 0. The molecule has 0 bridgehead atoms. The van der Waals surface area contributed by atoms with Crippen LogP contribution in [0, 0.1) is 0 Å². The minimum atomic E-state index is 0.00294. The summed E-state index contributed by atoms with van der Waals surface area (Å²) >= 11 is 0. The molecule has 0 aromatic heterocycles. The van der Waals surface area contributed by atoms with Gasteiger partial charge in [-0.15, -0.1) is 0 Å². The van der Waals surface area contributed by atoms with Crippen molar-refractivity contribution in [2.45, 2.75) is 77.0 Å². The second-order valence-corrected chi connectivity index (χ2v) is 21.0. The molecule has 0 heterocycles. The third-order valence-electron chi connectivity index (χ3n) is 15.0. The average Bonchev–Trinajstić information content (AvgIpc) is 3.98. The van der Waals surface area contributed by atoms with Crippen LogP contribution in [0.3, 0.4) is 0 Å². The first-order valence-corrected chi connectivity index (χ1v) is 23.0. The number of allylic oxidation sites excluding steroid dienone is 4. The Morgan fingerprint density at radius 2 is 0.609 bits per heavy atom. The van der Waals surface area contributed by atoms with Crippen LogP contribution in [0.1, 0.15) is 99.9 Å². The largest absolute Gasteiger partial charge is 0.310 e. The third kappa shape index (κ3) is 5.78. The number of hydrogen-bond acceptors (Lipinski definition) is 2. The molecule has 0 fully saturated rings. The lowest BCUT2D eigenvalue weighted by Crippen LogP contribution is -2.15. The normalized spacial score (nSPS) is 17.3. The molecule has 0 atom stereocenters. The van der Waals surface area contributed by atoms with Crippen LogP contribution in [0.25, 0.3) is 56.6 Å². The van der Waals surface area contributed by atoms with Crippen LogP contribution in [0.2, 0.25) is 0 Å². The molecular weight excluding hydrogens is 773 g/mol. The van der Waals surface area contributed by atoms with Crippen molar-refractivity contribution in [3.05, 3.63) is 202 Å². The second-order valence-electron chi connectivity index (χ2n) is 21.0. The van der Waals surface area contributed by atoms with Gasteiger partial charge in [0.1, 0.15) is 0 Å². The summed E-state index contributed by atoms with van der Waals surface area (Å²) in [5.41, 5.74) is 17.6. The Labute approximate surface area is 378 Å². The zero-order valence-corrected chi connectivity index (χ0v) is 38.2. The van der Waals surface area contributed by atoms with Gasteiger partial charge in [-0.25, -0.2) is 0 Å². The third-order valence-corrected chi connectivity index (χ3v) is 15.0. The standard InChI is InChI=1S/C62H54N2/c1-59(2)30-26-39-34-43(16-22-53(39)59)63(44-17-23-54-40(35-44)27-31-60(54,3)4)57-15-11-14-48-51(57)21-20-49-47-12-9-10-13-50(47)58(38-52(48)49)64(45-18-24-55-41(36-45)28-32-61(55,5)6)46-19-25-56-42(37-46)29-33-62(56,7)8/h9-38H,1-8H3. The van der Waals surface area contributed by atoms with Crippen LogP contribution >= 0.6 is 0 Å². The van der Waals surface area contributed by atoms with Crippen molar-refractivity contribution in [2.24, 2.45) is 0 Å². The van der Waals surface area contributed by atoms with E-state index in [0.717, 1.165) is 28.4 Å². The summed E-state index contributed by atoms with van der Waals surface area (Å²) in [5, 5.41) is 7.40. The first-order valence-electron chi connectivity index (χ1n) is 23.0. The van der Waals surface area contributed by atoms with E-state index in [4.69, 9.17) is 0 Å². The van der Waals surface area contributed by atoms with Crippen LogP contribution in [0.15, 0.2) is 158 Å². The maximum atomic E-state index is 2.51. The van der Waals surface area contributed by atoms with Crippen molar-refractivity contribution < 1.29 is 0 Å². The first-order chi connectivity index (χ1) is 30.7. The molecule has 2 heteroatoms. The summed E-state index contributed by atoms with van der Waals surface area (Å²) in [6, 6.07) is 51.3. The zero-order valence-electron chi connectivity index (χ0n) is 38.2. The van der Waals surface area contributed by atoms with E-state index in [1.165, 1.54) is 82.5 Å². The highest BCUT2D eigenvalue weighted by Crippen LogP contribution is 2.50. The average molecular weight is 827 g/mol. The van der Waals surface area contributed by atoms with Crippen molar-refractivity contribution in [1.29, 1.82) is 0 Å². The lowest BCUT2D eigenvalue weighted by Gasteiger charge is -2.30. The summed E-state index contributed by atoms with van der Waals surface area (Å²) in [7, 11) is 0. The minimum Gasteiger partial charge on any atom is -0.310 e. The summed E-state index contributed by atoms with van der Waals surface area (Å²) in [6.45, 7) is 18.5. The number of rotatable bonds is 6. The fraction of sp³-hybridized carbons (Fsp3) is 0.194. The van der Waals surface area contributed by atoms with Gasteiger partial charge in [0, 0.05) is 55.2 Å². The van der Waals surface area contributed by atoms with Gasteiger partial charge in [-0.05, 0) is 127 Å². The van der Waals surface area contributed by atoms with Crippen LogP contribution in [0.4, 0.5) is 34.1 Å². The predicted molar refractivity (Wildman–Crippen MR) is 277 cm³/mol. The number of hydrogen-bond donors (Lipinski definition) is 0. The summed E-state index contributed by atoms with van der Waals surface area (Å²) in [5.74, 6) is 0. The van der Waals surface area contributed by atoms with Crippen molar-refractivity contribution in [3.63, 3.8) is 0 Å². The number of benzene rings is 8. The smallest absolute Gasteiger partial charge is 0.0546 e. The lowest BCUT2D eigenvalue weighted by molar-refractivity contribution is 0.683. The number of nitrogens with zero attached hydrogens (tertiary/aromatic N) is 2. The van der Waals surface area contributed by atoms with E-state index < -0.39 is 0 Å². The highest BCUT2D eigenvalue weighted by molar-refractivity contribution is 6.23. The number of anilines is 6. The SMILES string of the molecule is CC1(C)C=Cc2cc(N(c3ccc4c(c3)C=CC4(C)C)c3cc4c5cccc(N(c6ccc7c(c6)C=CC7(C)C)c6ccc7c(c6)C=CC7(C)C)c5ccc4c4ccccc34)ccc21. The van der Waals surface area contributed by atoms with Gasteiger partial charge in [-0.2, -0.15) is 0 Å². The van der Waals surface area contributed by atoms with E-state index >= 15 is 0 Å². The quantitative estimate of drug-likeness (QED) is 0.154. The van der Waals surface area contributed by atoms with Crippen LogP contribution < -0.4 is 9.80 Å². The number of fused-ring (bicyclic) bond motifs is 9. The Bertz CT molecular complexity index is 3310. The Balaban J connectivity index is 1.10. The van der Waals surface area contributed by atoms with Gasteiger partial charge >= 0.3 is 0 Å². The van der Waals surface area contributed by atoms with E-state index in [0.29, 0.717) is 0 Å². The van der Waals surface area contributed by atoms with Gasteiger partial charge in [0.05, 0.1) is 11.4 Å². The monoisotopic (exact) mass is 826 g/mol. The van der Waals surface area contributed by atoms with Crippen molar-refractivity contribution >= 4 is 90.7 Å². The molecule has 0 unspecified atom stereocenters. The molecule has 0 amide bonds. The molecule has 12 rings (SSSR count).